The van der Waals surface area contributed by atoms with Crippen LogP contribution in [0.3, 0.4) is 0 Å². The number of non-ortho nitro benzene ring substituents is 1. The predicted octanol–water partition coefficient (Wildman–Crippen LogP) is 4.28. The topological polar surface area (TPSA) is 110 Å². The molecule has 1 aliphatic heterocycles. The maximum Gasteiger partial charge on any atom is 0.270 e. The fourth-order valence-corrected chi connectivity index (χ4v) is 4.85. The number of piperazine rings is 1. The third-order valence-electron chi connectivity index (χ3n) is 6.83. The van der Waals surface area contributed by atoms with Crippen molar-refractivity contribution >= 4 is 28.4 Å². The second-order valence-corrected chi connectivity index (χ2v) is 9.34. The van der Waals surface area contributed by atoms with E-state index in [0.717, 1.165) is 28.1 Å². The molecule has 0 bridgehead atoms. The van der Waals surface area contributed by atoms with Crippen LogP contribution >= 0.6 is 0 Å². The molecule has 1 aliphatic rings. The first-order chi connectivity index (χ1) is 19.1. The number of carbonyl (C=O) groups is 1. The molecule has 1 amide bonds. The molecule has 3 heterocycles. The Morgan fingerprint density at radius 3 is 2.31 bits per heavy atom. The van der Waals surface area contributed by atoms with Crippen molar-refractivity contribution in [1.29, 1.82) is 0 Å². The predicted molar refractivity (Wildman–Crippen MR) is 147 cm³/mol. The van der Waals surface area contributed by atoms with Gasteiger partial charge in [0.2, 0.25) is 0 Å². The van der Waals surface area contributed by atoms with Crippen LogP contribution < -0.4 is 4.90 Å². The highest BCUT2D eigenvalue weighted by Gasteiger charge is 2.26. The molecule has 0 aliphatic carbocycles. The molecule has 0 spiro atoms. The van der Waals surface area contributed by atoms with Crippen LogP contribution in [0, 0.1) is 10.1 Å². The van der Waals surface area contributed by atoms with Crippen LogP contribution in [0.1, 0.15) is 21.7 Å². The van der Waals surface area contributed by atoms with Gasteiger partial charge in [0.1, 0.15) is 11.6 Å². The number of benzene rings is 3. The number of rotatable bonds is 6. The lowest BCUT2D eigenvalue weighted by atomic mass is 10.1. The molecule has 10 heteroatoms. The molecule has 0 saturated carbocycles. The number of hydrogen-bond donors (Lipinski definition) is 0. The Hall–Kier alpha value is -5.12. The minimum absolute atomic E-state index is 0.0933. The van der Waals surface area contributed by atoms with E-state index in [1.54, 1.807) is 17.2 Å². The summed E-state index contributed by atoms with van der Waals surface area (Å²) in [5.74, 6) is 1.26. The Labute approximate surface area is 224 Å². The van der Waals surface area contributed by atoms with Gasteiger partial charge in [-0.25, -0.2) is 14.6 Å². The number of hydrogen-bond acceptors (Lipinski definition) is 7. The summed E-state index contributed by atoms with van der Waals surface area (Å²) in [6, 6.07) is 25.8. The summed E-state index contributed by atoms with van der Waals surface area (Å²) in [6.07, 6.45) is 2.37. The van der Waals surface area contributed by atoms with E-state index in [0.29, 0.717) is 44.0 Å². The SMILES string of the molecule is O=C(c1cccc([N+](=O)[O-])c1)N1CCN(c2nc(Cc3ccccc3)nc3c2cnn3-c2ccccc2)CC1. The van der Waals surface area contributed by atoms with Gasteiger partial charge in [0.15, 0.2) is 5.65 Å². The number of nitro groups is 1. The van der Waals surface area contributed by atoms with Crippen LogP contribution in [0.25, 0.3) is 16.7 Å². The van der Waals surface area contributed by atoms with E-state index in [1.165, 1.54) is 18.2 Å². The van der Waals surface area contributed by atoms with E-state index in [4.69, 9.17) is 9.97 Å². The van der Waals surface area contributed by atoms with E-state index in [2.05, 4.69) is 22.1 Å². The summed E-state index contributed by atoms with van der Waals surface area (Å²) >= 11 is 0. The van der Waals surface area contributed by atoms with E-state index in [-0.39, 0.29) is 11.6 Å². The Morgan fingerprint density at radius 1 is 0.872 bits per heavy atom. The zero-order valence-electron chi connectivity index (χ0n) is 21.1. The Bertz CT molecular complexity index is 1650. The van der Waals surface area contributed by atoms with Crippen LogP contribution in [0.4, 0.5) is 11.5 Å². The van der Waals surface area contributed by atoms with Crippen LogP contribution in [-0.2, 0) is 6.42 Å². The maximum atomic E-state index is 13.1. The quantitative estimate of drug-likeness (QED) is 0.243. The van der Waals surface area contributed by atoms with Crippen molar-refractivity contribution < 1.29 is 9.72 Å². The van der Waals surface area contributed by atoms with Gasteiger partial charge < -0.3 is 9.80 Å². The number of carbonyl (C=O) groups excluding carboxylic acids is 1. The van der Waals surface area contributed by atoms with Crippen molar-refractivity contribution in [2.24, 2.45) is 0 Å². The maximum absolute atomic E-state index is 13.1. The Balaban J connectivity index is 1.30. The summed E-state index contributed by atoms with van der Waals surface area (Å²) in [5, 5.41) is 16.6. The number of amides is 1. The van der Waals surface area contributed by atoms with Crippen LogP contribution in [0.15, 0.2) is 91.1 Å². The minimum atomic E-state index is -0.488. The lowest BCUT2D eigenvalue weighted by molar-refractivity contribution is -0.384. The number of anilines is 1. The molecule has 6 rings (SSSR count). The second-order valence-electron chi connectivity index (χ2n) is 9.34. The van der Waals surface area contributed by atoms with Crippen LogP contribution in [0.2, 0.25) is 0 Å². The van der Waals surface area contributed by atoms with Crippen molar-refractivity contribution in [2.45, 2.75) is 6.42 Å². The highest BCUT2D eigenvalue weighted by Crippen LogP contribution is 2.28. The van der Waals surface area contributed by atoms with Crippen LogP contribution in [-0.4, -0.2) is 61.7 Å². The van der Waals surface area contributed by atoms with Gasteiger partial charge in [0, 0.05) is 50.3 Å². The van der Waals surface area contributed by atoms with E-state index < -0.39 is 4.92 Å². The first-order valence-corrected chi connectivity index (χ1v) is 12.7. The first-order valence-electron chi connectivity index (χ1n) is 12.7. The molecule has 3 aromatic carbocycles. The number of nitro benzene ring substituents is 1. The molecule has 1 fully saturated rings. The van der Waals surface area contributed by atoms with E-state index in [9.17, 15) is 14.9 Å². The zero-order valence-corrected chi connectivity index (χ0v) is 21.1. The van der Waals surface area contributed by atoms with Crippen molar-refractivity contribution in [1.82, 2.24) is 24.6 Å². The molecule has 1 saturated heterocycles. The third kappa shape index (κ3) is 4.91. The van der Waals surface area contributed by atoms with Gasteiger partial charge in [-0.15, -0.1) is 0 Å². The minimum Gasteiger partial charge on any atom is -0.352 e. The number of para-hydroxylation sites is 1. The lowest BCUT2D eigenvalue weighted by Gasteiger charge is -2.35. The van der Waals surface area contributed by atoms with Gasteiger partial charge in [-0.3, -0.25) is 14.9 Å². The molecule has 0 radical (unpaired) electrons. The largest absolute Gasteiger partial charge is 0.352 e. The standard InChI is InChI=1S/C29H25N7O3/c37-29(22-10-7-13-24(19-22)36(38)39)34-16-14-33(15-17-34)27-25-20-30-35(23-11-5-2-6-12-23)28(25)32-26(31-27)18-21-8-3-1-4-9-21/h1-13,19-20H,14-18H2. The first kappa shape index (κ1) is 24.2. The van der Waals surface area contributed by atoms with Crippen molar-refractivity contribution in [3.63, 3.8) is 0 Å². The van der Waals surface area contributed by atoms with Gasteiger partial charge in [-0.05, 0) is 23.8 Å². The van der Waals surface area contributed by atoms with Gasteiger partial charge >= 0.3 is 0 Å². The molecule has 5 aromatic rings. The summed E-state index contributed by atoms with van der Waals surface area (Å²) in [7, 11) is 0. The molecular weight excluding hydrogens is 494 g/mol. The summed E-state index contributed by atoms with van der Waals surface area (Å²) in [5.41, 5.74) is 2.98. The summed E-state index contributed by atoms with van der Waals surface area (Å²) in [6.45, 7) is 2.06. The molecule has 0 N–H and O–H groups in total. The van der Waals surface area contributed by atoms with E-state index >= 15 is 0 Å². The number of aromatic nitrogens is 4. The molecule has 39 heavy (non-hydrogen) atoms. The average molecular weight is 520 g/mol. The van der Waals surface area contributed by atoms with E-state index in [1.807, 2.05) is 53.2 Å². The van der Waals surface area contributed by atoms with Gasteiger partial charge in [0.05, 0.1) is 22.2 Å². The number of fused-ring (bicyclic) bond motifs is 1. The van der Waals surface area contributed by atoms with Crippen LogP contribution in [0.5, 0.6) is 0 Å². The molecular formula is C29H25N7O3. The molecule has 0 unspecified atom stereocenters. The zero-order chi connectivity index (χ0) is 26.8. The van der Waals surface area contributed by atoms with Gasteiger partial charge in [0.25, 0.3) is 11.6 Å². The highest BCUT2D eigenvalue weighted by atomic mass is 16.6. The fourth-order valence-electron chi connectivity index (χ4n) is 4.85. The lowest BCUT2D eigenvalue weighted by Crippen LogP contribution is -2.49. The molecule has 2 aromatic heterocycles. The fraction of sp³-hybridized carbons (Fsp3) is 0.172. The van der Waals surface area contributed by atoms with Gasteiger partial charge in [-0.2, -0.15) is 5.10 Å². The third-order valence-corrected chi connectivity index (χ3v) is 6.83. The molecule has 10 nitrogen and oxygen atoms in total. The Kier molecular flexibility index (Phi) is 6.42. The monoisotopic (exact) mass is 519 g/mol. The normalized spacial score (nSPS) is 13.5. The molecule has 194 valence electrons. The van der Waals surface area contributed by atoms with Gasteiger partial charge in [-0.1, -0.05) is 54.6 Å². The summed E-state index contributed by atoms with van der Waals surface area (Å²) < 4.78 is 1.83. The molecule has 0 atom stereocenters. The van der Waals surface area contributed by atoms with Crippen molar-refractivity contribution in [2.75, 3.05) is 31.1 Å². The Morgan fingerprint density at radius 2 is 1.59 bits per heavy atom. The smallest absolute Gasteiger partial charge is 0.270 e. The van der Waals surface area contributed by atoms with Crippen molar-refractivity contribution in [3.05, 3.63) is 118 Å². The number of nitrogens with zero attached hydrogens (tertiary/aromatic N) is 7. The average Bonchev–Trinajstić information content (AvgIpc) is 3.41. The summed E-state index contributed by atoms with van der Waals surface area (Å²) in [4.78, 5) is 37.5. The van der Waals surface area contributed by atoms with Crippen molar-refractivity contribution in [3.8, 4) is 5.69 Å². The second kappa shape index (κ2) is 10.3. The highest BCUT2D eigenvalue weighted by molar-refractivity contribution is 5.95.